The van der Waals surface area contributed by atoms with Crippen LogP contribution in [0.3, 0.4) is 0 Å². The van der Waals surface area contributed by atoms with Crippen LogP contribution in [0.1, 0.15) is 47.5 Å². The molecule has 0 saturated carbocycles. The fraction of sp³-hybridized carbons (Fsp3) is 0.882. The molecule has 2 aliphatic heterocycles. The number of hydrogen-bond acceptors (Lipinski definition) is 3. The molecule has 2 aliphatic rings. The van der Waals surface area contributed by atoms with E-state index in [4.69, 9.17) is 9.73 Å². The third-order valence-electron chi connectivity index (χ3n) is 4.44. The van der Waals surface area contributed by atoms with Crippen LogP contribution >= 0.6 is 0 Å². The smallest absolute Gasteiger partial charge is 0.242 e. The number of guanidine groups is 1. The molecule has 1 atom stereocenters. The van der Waals surface area contributed by atoms with E-state index in [1.807, 2.05) is 4.90 Å². The molecule has 0 aromatic heterocycles. The quantitative estimate of drug-likeness (QED) is 0.628. The molecule has 0 bridgehead atoms. The van der Waals surface area contributed by atoms with Gasteiger partial charge >= 0.3 is 0 Å². The lowest BCUT2D eigenvalue weighted by Gasteiger charge is -2.49. The summed E-state index contributed by atoms with van der Waals surface area (Å²) in [6.07, 6.45) is 2.42. The van der Waals surface area contributed by atoms with Gasteiger partial charge in [0.2, 0.25) is 5.91 Å². The Labute approximate surface area is 140 Å². The number of nitrogens with zero attached hydrogens (tertiary/aromatic N) is 3. The molecular formula is C17H32N4O2. The Morgan fingerprint density at radius 3 is 2.74 bits per heavy atom. The number of nitrogens with one attached hydrogen (secondary N) is 1. The molecule has 0 aliphatic carbocycles. The van der Waals surface area contributed by atoms with Crippen molar-refractivity contribution >= 4 is 11.9 Å². The van der Waals surface area contributed by atoms with E-state index < -0.39 is 0 Å². The third kappa shape index (κ3) is 4.37. The van der Waals surface area contributed by atoms with E-state index in [-0.39, 0.29) is 23.6 Å². The fourth-order valence-corrected chi connectivity index (χ4v) is 3.72. The van der Waals surface area contributed by atoms with Crippen molar-refractivity contribution in [1.29, 1.82) is 0 Å². The summed E-state index contributed by atoms with van der Waals surface area (Å²) in [5.41, 5.74) is -0.205. The van der Waals surface area contributed by atoms with Crippen LogP contribution in [0.15, 0.2) is 4.99 Å². The van der Waals surface area contributed by atoms with Crippen molar-refractivity contribution in [3.8, 4) is 0 Å². The first-order valence-corrected chi connectivity index (χ1v) is 8.82. The highest BCUT2D eigenvalue weighted by atomic mass is 16.5. The lowest BCUT2D eigenvalue weighted by atomic mass is 9.96. The summed E-state index contributed by atoms with van der Waals surface area (Å²) in [6, 6.07) is 0.214. The van der Waals surface area contributed by atoms with Crippen LogP contribution in [0.25, 0.3) is 0 Å². The zero-order chi connectivity index (χ0) is 17.0. The van der Waals surface area contributed by atoms with Gasteiger partial charge in [0.1, 0.15) is 0 Å². The van der Waals surface area contributed by atoms with E-state index in [0.29, 0.717) is 13.1 Å². The average molecular weight is 324 g/mol. The number of amides is 1. The van der Waals surface area contributed by atoms with Gasteiger partial charge in [-0.25, -0.2) is 0 Å². The lowest BCUT2D eigenvalue weighted by Crippen LogP contribution is -2.66. The average Bonchev–Trinajstić information content (AvgIpc) is 2.94. The maximum Gasteiger partial charge on any atom is 0.242 e. The summed E-state index contributed by atoms with van der Waals surface area (Å²) in [5.74, 6) is 0.992. The van der Waals surface area contributed by atoms with Gasteiger partial charge in [-0.1, -0.05) is 0 Å². The van der Waals surface area contributed by atoms with E-state index in [2.05, 4.69) is 44.8 Å². The molecule has 2 saturated heterocycles. The predicted octanol–water partition coefficient (Wildman–Crippen LogP) is 1.46. The summed E-state index contributed by atoms with van der Waals surface area (Å²) in [4.78, 5) is 21.4. The number of hydrogen-bond donors (Lipinski definition) is 1. The van der Waals surface area contributed by atoms with Crippen molar-refractivity contribution in [2.45, 2.75) is 65.1 Å². The molecule has 1 N–H and O–H groups in total. The summed E-state index contributed by atoms with van der Waals surface area (Å²) in [7, 11) is 0. The molecule has 0 aromatic carbocycles. The van der Waals surface area contributed by atoms with Gasteiger partial charge in [-0.3, -0.25) is 9.79 Å². The molecule has 1 unspecified atom stereocenters. The summed E-state index contributed by atoms with van der Waals surface area (Å²) in [6.45, 7) is 13.9. The first kappa shape index (κ1) is 18.0. The minimum absolute atomic E-state index is 0.166. The number of piperazine rings is 1. The van der Waals surface area contributed by atoms with Gasteiger partial charge in [-0.15, -0.1) is 0 Å². The van der Waals surface area contributed by atoms with Crippen molar-refractivity contribution in [2.24, 2.45) is 4.99 Å². The Morgan fingerprint density at radius 2 is 2.22 bits per heavy atom. The number of aliphatic imine (C=N–C) groups is 1. The van der Waals surface area contributed by atoms with Crippen molar-refractivity contribution in [2.75, 3.05) is 32.8 Å². The first-order chi connectivity index (χ1) is 10.8. The highest BCUT2D eigenvalue weighted by Crippen LogP contribution is 2.24. The van der Waals surface area contributed by atoms with Crippen LogP contribution in [0.4, 0.5) is 0 Å². The molecule has 6 nitrogen and oxygen atoms in total. The zero-order valence-corrected chi connectivity index (χ0v) is 15.3. The summed E-state index contributed by atoms with van der Waals surface area (Å²) < 4.78 is 5.65. The molecule has 1 amide bonds. The summed E-state index contributed by atoms with van der Waals surface area (Å²) >= 11 is 0. The maximum atomic E-state index is 12.6. The van der Waals surface area contributed by atoms with Crippen LogP contribution in [-0.2, 0) is 9.53 Å². The third-order valence-corrected chi connectivity index (χ3v) is 4.44. The molecule has 2 rings (SSSR count). The van der Waals surface area contributed by atoms with Gasteiger partial charge in [0.15, 0.2) is 5.96 Å². The van der Waals surface area contributed by atoms with Gasteiger partial charge < -0.3 is 19.9 Å². The van der Waals surface area contributed by atoms with E-state index in [1.165, 1.54) is 0 Å². The lowest BCUT2D eigenvalue weighted by molar-refractivity contribution is -0.145. The first-order valence-electron chi connectivity index (χ1n) is 8.82. The van der Waals surface area contributed by atoms with E-state index >= 15 is 0 Å². The van der Waals surface area contributed by atoms with Gasteiger partial charge in [0.25, 0.3) is 0 Å². The molecule has 2 fully saturated rings. The minimum Gasteiger partial charge on any atom is -0.376 e. The second-order valence-electron chi connectivity index (χ2n) is 7.36. The Balaban J connectivity index is 2.10. The van der Waals surface area contributed by atoms with E-state index in [0.717, 1.165) is 38.5 Å². The normalized spacial score (nSPS) is 25.4. The largest absolute Gasteiger partial charge is 0.376 e. The van der Waals surface area contributed by atoms with E-state index in [1.54, 1.807) is 0 Å². The highest BCUT2D eigenvalue weighted by molar-refractivity contribution is 5.88. The Kier molecular flexibility index (Phi) is 5.89. The molecule has 0 aromatic rings. The molecule has 23 heavy (non-hydrogen) atoms. The van der Waals surface area contributed by atoms with Gasteiger partial charge in [-0.05, 0) is 47.5 Å². The second kappa shape index (κ2) is 7.51. The summed E-state index contributed by atoms with van der Waals surface area (Å²) in [5, 5.41) is 3.33. The Bertz CT molecular complexity index is 442. The van der Waals surface area contributed by atoms with Crippen molar-refractivity contribution in [3.63, 3.8) is 0 Å². The number of rotatable bonds is 4. The molecule has 132 valence electrons. The molecule has 0 radical (unpaired) electrons. The Hall–Kier alpha value is -1.30. The molecular weight excluding hydrogens is 292 g/mol. The zero-order valence-electron chi connectivity index (χ0n) is 15.3. The van der Waals surface area contributed by atoms with Crippen molar-refractivity contribution in [1.82, 2.24) is 15.1 Å². The second-order valence-corrected chi connectivity index (χ2v) is 7.36. The van der Waals surface area contributed by atoms with E-state index in [9.17, 15) is 4.79 Å². The van der Waals surface area contributed by atoms with Crippen LogP contribution in [-0.4, -0.2) is 72.1 Å². The van der Waals surface area contributed by atoms with Gasteiger partial charge in [0.05, 0.1) is 24.7 Å². The topological polar surface area (TPSA) is 57.2 Å². The SMILES string of the molecule is CCNC(=NCC1CCCO1)N1CC(=O)N(C(C)C)C(C)(C)C1. The fourth-order valence-electron chi connectivity index (χ4n) is 3.72. The molecule has 6 heteroatoms. The predicted molar refractivity (Wildman–Crippen MR) is 92.6 cm³/mol. The number of ether oxygens (including phenoxy) is 1. The minimum atomic E-state index is -0.205. The maximum absolute atomic E-state index is 12.6. The van der Waals surface area contributed by atoms with Gasteiger partial charge in [0, 0.05) is 25.7 Å². The standard InChI is InChI=1S/C17H32N4O2/c1-6-18-16(19-10-14-8-7-9-23-14)20-11-15(22)21(13(2)3)17(4,5)12-20/h13-14H,6-12H2,1-5H3,(H,18,19). The van der Waals surface area contributed by atoms with Crippen LogP contribution in [0, 0.1) is 0 Å². The molecule has 0 spiro atoms. The Morgan fingerprint density at radius 1 is 1.48 bits per heavy atom. The highest BCUT2D eigenvalue weighted by Gasteiger charge is 2.40. The molecule has 2 heterocycles. The number of carbonyl (C=O) groups excluding carboxylic acids is 1. The van der Waals surface area contributed by atoms with Crippen LogP contribution < -0.4 is 5.32 Å². The van der Waals surface area contributed by atoms with Crippen LogP contribution in [0.5, 0.6) is 0 Å². The number of carbonyl (C=O) groups is 1. The van der Waals surface area contributed by atoms with Crippen LogP contribution in [0.2, 0.25) is 0 Å². The van der Waals surface area contributed by atoms with Crippen molar-refractivity contribution < 1.29 is 9.53 Å². The van der Waals surface area contributed by atoms with Gasteiger partial charge in [-0.2, -0.15) is 0 Å². The van der Waals surface area contributed by atoms with Crippen molar-refractivity contribution in [3.05, 3.63) is 0 Å². The monoisotopic (exact) mass is 324 g/mol.